The normalized spacial score (nSPS) is 19.4. The van der Waals surface area contributed by atoms with Crippen LogP contribution in [0.2, 0.25) is 0 Å². The summed E-state index contributed by atoms with van der Waals surface area (Å²) in [6.45, 7) is 6.75. The highest BCUT2D eigenvalue weighted by molar-refractivity contribution is 5.54. The maximum atomic E-state index is 13.7. The van der Waals surface area contributed by atoms with Crippen molar-refractivity contribution in [2.75, 3.05) is 6.54 Å². The Kier molecular flexibility index (Phi) is 4.21. The molecule has 23 heavy (non-hydrogen) atoms. The number of nitrogens with zero attached hydrogens (tertiary/aromatic N) is 3. The van der Waals surface area contributed by atoms with Gasteiger partial charge in [-0.05, 0) is 51.8 Å². The molecule has 0 aliphatic carbocycles. The molecule has 0 spiro atoms. The molecular formula is C17H22FN3O2. The van der Waals surface area contributed by atoms with Crippen molar-refractivity contribution in [2.24, 2.45) is 0 Å². The molecule has 0 amide bonds. The Labute approximate surface area is 135 Å². The summed E-state index contributed by atoms with van der Waals surface area (Å²) < 4.78 is 19.0. The molecule has 0 radical (unpaired) electrons. The summed E-state index contributed by atoms with van der Waals surface area (Å²) in [5.74, 6) is 0.588. The summed E-state index contributed by atoms with van der Waals surface area (Å²) in [4.78, 5) is 6.52. The molecule has 3 rings (SSSR count). The van der Waals surface area contributed by atoms with Gasteiger partial charge in [-0.3, -0.25) is 4.90 Å². The predicted octanol–water partition coefficient (Wildman–Crippen LogP) is 2.92. The first-order valence-electron chi connectivity index (χ1n) is 7.90. The van der Waals surface area contributed by atoms with Crippen LogP contribution in [0.5, 0.6) is 0 Å². The molecule has 1 N–H and O–H groups in total. The second kappa shape index (κ2) is 6.02. The van der Waals surface area contributed by atoms with Crippen molar-refractivity contribution in [1.29, 1.82) is 0 Å². The Morgan fingerprint density at radius 3 is 2.91 bits per heavy atom. The van der Waals surface area contributed by atoms with Crippen molar-refractivity contribution in [3.8, 4) is 11.4 Å². The van der Waals surface area contributed by atoms with Gasteiger partial charge in [0.25, 0.3) is 0 Å². The zero-order chi connectivity index (χ0) is 16.6. The van der Waals surface area contributed by atoms with E-state index in [2.05, 4.69) is 15.0 Å². The van der Waals surface area contributed by atoms with Gasteiger partial charge in [0.2, 0.25) is 11.7 Å². The van der Waals surface area contributed by atoms with Crippen LogP contribution in [0, 0.1) is 12.7 Å². The van der Waals surface area contributed by atoms with Gasteiger partial charge < -0.3 is 9.63 Å². The Morgan fingerprint density at radius 1 is 1.43 bits per heavy atom. The van der Waals surface area contributed by atoms with Crippen LogP contribution in [0.15, 0.2) is 22.7 Å². The molecule has 1 aromatic carbocycles. The van der Waals surface area contributed by atoms with Crippen molar-refractivity contribution in [1.82, 2.24) is 15.0 Å². The van der Waals surface area contributed by atoms with Crippen molar-refractivity contribution in [2.45, 2.75) is 51.8 Å². The number of likely N-dealkylation sites (tertiary alicyclic amines) is 1. The van der Waals surface area contributed by atoms with Crippen molar-refractivity contribution < 1.29 is 14.0 Å². The highest BCUT2D eigenvalue weighted by atomic mass is 19.1. The third kappa shape index (κ3) is 3.43. The van der Waals surface area contributed by atoms with Gasteiger partial charge in [-0.1, -0.05) is 17.3 Å². The van der Waals surface area contributed by atoms with E-state index in [0.29, 0.717) is 29.4 Å². The van der Waals surface area contributed by atoms with E-state index < -0.39 is 5.60 Å². The Bertz CT molecular complexity index is 693. The maximum Gasteiger partial charge on any atom is 0.241 e. The van der Waals surface area contributed by atoms with Crippen molar-refractivity contribution in [3.05, 3.63) is 35.5 Å². The van der Waals surface area contributed by atoms with Crippen LogP contribution in [0.1, 0.15) is 38.1 Å². The third-order valence-electron chi connectivity index (χ3n) is 4.42. The second-order valence-electron chi connectivity index (χ2n) is 6.76. The Hall–Kier alpha value is -1.79. The van der Waals surface area contributed by atoms with Crippen molar-refractivity contribution in [3.63, 3.8) is 0 Å². The monoisotopic (exact) mass is 319 g/mol. The smallest absolute Gasteiger partial charge is 0.241 e. The first kappa shape index (κ1) is 16.1. The molecule has 0 saturated carbocycles. The summed E-state index contributed by atoms with van der Waals surface area (Å²) in [7, 11) is 0. The zero-order valence-corrected chi connectivity index (χ0v) is 13.7. The number of aryl methyl sites for hydroxylation is 1. The quantitative estimate of drug-likeness (QED) is 0.939. The van der Waals surface area contributed by atoms with Crippen molar-refractivity contribution >= 4 is 0 Å². The van der Waals surface area contributed by atoms with E-state index in [0.717, 1.165) is 19.4 Å². The Balaban J connectivity index is 1.76. The number of hydrogen-bond donors (Lipinski definition) is 1. The number of halogens is 1. The van der Waals surface area contributed by atoms with E-state index in [1.165, 1.54) is 6.07 Å². The van der Waals surface area contributed by atoms with Gasteiger partial charge in [-0.15, -0.1) is 0 Å². The van der Waals surface area contributed by atoms with Gasteiger partial charge in [-0.2, -0.15) is 4.98 Å². The molecule has 1 aliphatic rings. The number of aromatic nitrogens is 2. The van der Waals surface area contributed by atoms with E-state index in [4.69, 9.17) is 4.52 Å². The van der Waals surface area contributed by atoms with E-state index in [9.17, 15) is 9.50 Å². The van der Waals surface area contributed by atoms with Crippen LogP contribution in [-0.2, 0) is 6.54 Å². The minimum absolute atomic E-state index is 0.0784. The van der Waals surface area contributed by atoms with Gasteiger partial charge in [-0.25, -0.2) is 4.39 Å². The molecule has 6 heteroatoms. The Morgan fingerprint density at radius 2 is 2.22 bits per heavy atom. The fourth-order valence-electron chi connectivity index (χ4n) is 3.16. The van der Waals surface area contributed by atoms with Crippen LogP contribution in [0.4, 0.5) is 4.39 Å². The highest BCUT2D eigenvalue weighted by Gasteiger charge is 2.36. The van der Waals surface area contributed by atoms with Gasteiger partial charge >= 0.3 is 0 Å². The van der Waals surface area contributed by atoms with Crippen LogP contribution in [0.25, 0.3) is 11.4 Å². The topological polar surface area (TPSA) is 62.4 Å². The molecule has 0 bridgehead atoms. The summed E-state index contributed by atoms with van der Waals surface area (Å²) in [5, 5.41) is 14.2. The molecule has 1 aromatic heterocycles. The minimum atomic E-state index is -0.764. The van der Waals surface area contributed by atoms with Crippen LogP contribution < -0.4 is 0 Å². The first-order valence-corrected chi connectivity index (χ1v) is 7.90. The molecule has 1 aliphatic heterocycles. The lowest BCUT2D eigenvalue weighted by atomic mass is 9.97. The standard InChI is InChI=1S/C17H22FN3O2/c1-11-6-7-12(9-13(11)18)16-19-15(23-20-16)10-21-8-4-5-14(21)17(2,3)22/h6-7,9,14,22H,4-5,8,10H2,1-3H3. The highest BCUT2D eigenvalue weighted by Crippen LogP contribution is 2.28. The SMILES string of the molecule is Cc1ccc(-c2noc(CN3CCCC3C(C)(C)O)n2)cc1F. The molecule has 1 unspecified atom stereocenters. The molecule has 5 nitrogen and oxygen atoms in total. The lowest BCUT2D eigenvalue weighted by Gasteiger charge is -2.32. The third-order valence-corrected chi connectivity index (χ3v) is 4.42. The van der Waals surface area contributed by atoms with Crippen LogP contribution in [0.3, 0.4) is 0 Å². The van der Waals surface area contributed by atoms with Crippen LogP contribution >= 0.6 is 0 Å². The maximum absolute atomic E-state index is 13.7. The largest absolute Gasteiger partial charge is 0.389 e. The van der Waals surface area contributed by atoms with Gasteiger partial charge in [0.05, 0.1) is 12.1 Å². The van der Waals surface area contributed by atoms with Crippen LogP contribution in [-0.4, -0.2) is 38.3 Å². The molecular weight excluding hydrogens is 297 g/mol. The lowest BCUT2D eigenvalue weighted by Crippen LogP contribution is -2.45. The van der Waals surface area contributed by atoms with E-state index in [1.54, 1.807) is 19.1 Å². The molecule has 1 atom stereocenters. The molecule has 2 aromatic rings. The minimum Gasteiger partial charge on any atom is -0.389 e. The van der Waals surface area contributed by atoms with E-state index in [-0.39, 0.29) is 11.9 Å². The number of rotatable bonds is 4. The zero-order valence-electron chi connectivity index (χ0n) is 13.7. The molecule has 1 fully saturated rings. The van der Waals surface area contributed by atoms with E-state index in [1.807, 2.05) is 13.8 Å². The first-order chi connectivity index (χ1) is 10.8. The number of aliphatic hydroxyl groups is 1. The summed E-state index contributed by atoms with van der Waals surface area (Å²) >= 11 is 0. The predicted molar refractivity (Wildman–Crippen MR) is 84.2 cm³/mol. The van der Waals surface area contributed by atoms with Gasteiger partial charge in [0, 0.05) is 11.6 Å². The summed E-state index contributed by atoms with van der Waals surface area (Å²) in [6.07, 6.45) is 1.99. The van der Waals surface area contributed by atoms with Gasteiger partial charge in [0.1, 0.15) is 5.82 Å². The fraction of sp³-hybridized carbons (Fsp3) is 0.529. The summed E-state index contributed by atoms with van der Waals surface area (Å²) in [6, 6.07) is 4.97. The lowest BCUT2D eigenvalue weighted by molar-refractivity contribution is -0.00774. The average Bonchev–Trinajstić information content (AvgIpc) is 3.11. The second-order valence-corrected chi connectivity index (χ2v) is 6.76. The molecule has 1 saturated heterocycles. The number of hydrogen-bond acceptors (Lipinski definition) is 5. The van der Waals surface area contributed by atoms with Gasteiger partial charge in [0.15, 0.2) is 0 Å². The molecule has 124 valence electrons. The van der Waals surface area contributed by atoms with E-state index >= 15 is 0 Å². The average molecular weight is 319 g/mol. The summed E-state index contributed by atoms with van der Waals surface area (Å²) in [5.41, 5.74) is 0.422. The number of benzene rings is 1. The molecule has 2 heterocycles. The fourth-order valence-corrected chi connectivity index (χ4v) is 3.16.